The first-order valence-electron chi connectivity index (χ1n) is 12.0. The number of nitrogens with one attached hydrogen (secondary N) is 1. The average molecular weight is 468 g/mol. The van der Waals surface area contributed by atoms with Gasteiger partial charge in [0.25, 0.3) is 0 Å². The number of nitrogens with zero attached hydrogens (tertiary/aromatic N) is 6. The van der Waals surface area contributed by atoms with E-state index in [4.69, 9.17) is 9.84 Å². The van der Waals surface area contributed by atoms with Crippen molar-refractivity contribution in [3.63, 3.8) is 0 Å². The highest BCUT2D eigenvalue weighted by Crippen LogP contribution is 2.38. The van der Waals surface area contributed by atoms with Crippen LogP contribution in [0.25, 0.3) is 16.6 Å². The molecule has 34 heavy (non-hydrogen) atoms. The quantitative estimate of drug-likeness (QED) is 0.549. The van der Waals surface area contributed by atoms with Crippen LogP contribution >= 0.6 is 0 Å². The monoisotopic (exact) mass is 467 g/mol. The molecule has 0 bridgehead atoms. The lowest BCUT2D eigenvalue weighted by Gasteiger charge is -2.38. The summed E-state index contributed by atoms with van der Waals surface area (Å²) in [7, 11) is 1.68. The molecule has 2 fully saturated rings. The van der Waals surface area contributed by atoms with Gasteiger partial charge in [0.1, 0.15) is 0 Å². The van der Waals surface area contributed by atoms with Crippen molar-refractivity contribution in [3.05, 3.63) is 30.4 Å². The summed E-state index contributed by atoms with van der Waals surface area (Å²) >= 11 is 0. The number of aromatic nitrogens is 5. The van der Waals surface area contributed by atoms with Crippen LogP contribution in [0.5, 0.6) is 0 Å². The number of amides is 1. The summed E-state index contributed by atoms with van der Waals surface area (Å²) < 4.78 is 9.19. The maximum Gasteiger partial charge on any atom is 0.241 e. The summed E-state index contributed by atoms with van der Waals surface area (Å²) in [6, 6.07) is 2.50. The van der Waals surface area contributed by atoms with E-state index < -0.39 is 0 Å². The normalized spacial score (nSPS) is 22.1. The Labute approximate surface area is 198 Å². The molecule has 5 rings (SSSR count). The van der Waals surface area contributed by atoms with Crippen LogP contribution < -0.4 is 5.32 Å². The van der Waals surface area contributed by atoms with E-state index in [-0.39, 0.29) is 24.1 Å². The van der Waals surface area contributed by atoms with Crippen LogP contribution in [0.4, 0.5) is 5.95 Å². The van der Waals surface area contributed by atoms with Gasteiger partial charge < -0.3 is 20.1 Å². The van der Waals surface area contributed by atoms with E-state index in [1.54, 1.807) is 14.0 Å². The molecule has 0 spiro atoms. The lowest BCUT2D eigenvalue weighted by atomic mass is 9.85. The molecular formula is C24H33N7O3. The Hall–Kier alpha value is -2.98. The molecule has 2 aliphatic rings. The van der Waals surface area contributed by atoms with Gasteiger partial charge in [-0.3, -0.25) is 9.48 Å². The summed E-state index contributed by atoms with van der Waals surface area (Å²) in [6.07, 6.45) is 9.07. The number of carbonyl (C=O) groups excluding carboxylic acids is 1. The van der Waals surface area contributed by atoms with Crippen molar-refractivity contribution in [1.29, 1.82) is 0 Å². The molecule has 3 aromatic rings. The smallest absolute Gasteiger partial charge is 0.241 e. The Balaban J connectivity index is 1.47. The van der Waals surface area contributed by atoms with Gasteiger partial charge in [0, 0.05) is 62.1 Å². The van der Waals surface area contributed by atoms with Crippen LogP contribution in [-0.2, 0) is 9.53 Å². The number of fused-ring (bicyclic) bond motifs is 1. The fourth-order valence-corrected chi connectivity index (χ4v) is 5.04. The van der Waals surface area contributed by atoms with Crippen molar-refractivity contribution >= 4 is 17.4 Å². The van der Waals surface area contributed by atoms with Crippen LogP contribution in [0, 0.1) is 0 Å². The van der Waals surface area contributed by atoms with Crippen LogP contribution in [0.15, 0.2) is 24.7 Å². The van der Waals surface area contributed by atoms with Crippen LogP contribution in [-0.4, -0.2) is 79.2 Å². The van der Waals surface area contributed by atoms with Gasteiger partial charge in [-0.2, -0.15) is 5.10 Å². The van der Waals surface area contributed by atoms with E-state index in [9.17, 15) is 9.90 Å². The SMILES string of the molecule is COC[C@H](C)Nc1ncc2c(-c3cnn(C4CN(C(C)=O)C4)c3)cc([C@H]3CC[C@H](O)CC3)n2n1. The predicted molar refractivity (Wildman–Crippen MR) is 128 cm³/mol. The largest absolute Gasteiger partial charge is 0.393 e. The van der Waals surface area contributed by atoms with Gasteiger partial charge in [0.05, 0.1) is 36.7 Å². The third-order valence-corrected chi connectivity index (χ3v) is 7.05. The molecule has 0 aromatic carbocycles. The number of ether oxygens (including phenoxy) is 1. The molecular weight excluding hydrogens is 434 g/mol. The van der Waals surface area contributed by atoms with Gasteiger partial charge in [-0.05, 0) is 38.7 Å². The number of methoxy groups -OCH3 is 1. The number of aliphatic hydroxyl groups excluding tert-OH is 1. The molecule has 1 amide bonds. The number of anilines is 1. The van der Waals surface area contributed by atoms with Crippen LogP contribution in [0.2, 0.25) is 0 Å². The van der Waals surface area contributed by atoms with Gasteiger partial charge in [-0.1, -0.05) is 0 Å². The number of rotatable bonds is 7. The zero-order valence-corrected chi connectivity index (χ0v) is 20.0. The average Bonchev–Trinajstić information content (AvgIpc) is 3.38. The minimum Gasteiger partial charge on any atom is -0.393 e. The third-order valence-electron chi connectivity index (χ3n) is 7.05. The molecule has 10 nitrogen and oxygen atoms in total. The Bertz CT molecular complexity index is 1160. The Morgan fingerprint density at radius 2 is 2.03 bits per heavy atom. The second-order valence-corrected chi connectivity index (χ2v) is 9.65. The maximum absolute atomic E-state index is 11.5. The summed E-state index contributed by atoms with van der Waals surface area (Å²) in [5.74, 6) is 0.992. The minimum absolute atomic E-state index is 0.0843. The highest BCUT2D eigenvalue weighted by molar-refractivity contribution is 5.81. The second-order valence-electron chi connectivity index (χ2n) is 9.65. The first-order chi connectivity index (χ1) is 16.4. The molecule has 4 heterocycles. The molecule has 2 N–H and O–H groups in total. The zero-order valence-electron chi connectivity index (χ0n) is 20.0. The number of hydrogen-bond acceptors (Lipinski definition) is 7. The van der Waals surface area contributed by atoms with E-state index >= 15 is 0 Å². The van der Waals surface area contributed by atoms with Crippen molar-refractivity contribution in [1.82, 2.24) is 29.3 Å². The highest BCUT2D eigenvalue weighted by atomic mass is 16.5. The molecule has 182 valence electrons. The van der Waals surface area contributed by atoms with Crippen molar-refractivity contribution < 1.29 is 14.6 Å². The van der Waals surface area contributed by atoms with Crippen molar-refractivity contribution in [3.8, 4) is 11.1 Å². The highest BCUT2D eigenvalue weighted by Gasteiger charge is 2.31. The third kappa shape index (κ3) is 4.39. The second kappa shape index (κ2) is 9.34. The van der Waals surface area contributed by atoms with E-state index in [2.05, 4.69) is 27.7 Å². The molecule has 1 atom stereocenters. The molecule has 0 unspecified atom stereocenters. The van der Waals surface area contributed by atoms with Crippen molar-refractivity contribution in [2.75, 3.05) is 32.1 Å². The molecule has 1 aliphatic carbocycles. The lowest BCUT2D eigenvalue weighted by molar-refractivity contribution is -0.134. The fraction of sp³-hybridized carbons (Fsp3) is 0.583. The van der Waals surface area contributed by atoms with E-state index in [1.165, 1.54) is 0 Å². The maximum atomic E-state index is 11.5. The van der Waals surface area contributed by atoms with Gasteiger partial charge in [0.2, 0.25) is 11.9 Å². The molecule has 1 saturated carbocycles. The minimum atomic E-state index is -0.209. The molecule has 1 aliphatic heterocycles. The summed E-state index contributed by atoms with van der Waals surface area (Å²) in [5, 5.41) is 22.8. The number of likely N-dealkylation sites (tertiary alicyclic amines) is 1. The molecule has 1 saturated heterocycles. The van der Waals surface area contributed by atoms with Crippen LogP contribution in [0.1, 0.15) is 57.2 Å². The van der Waals surface area contributed by atoms with E-state index in [0.29, 0.717) is 31.6 Å². The Kier molecular flexibility index (Phi) is 6.26. The number of hydrogen-bond donors (Lipinski definition) is 2. The molecule has 10 heteroatoms. The van der Waals surface area contributed by atoms with E-state index in [1.807, 2.05) is 33.4 Å². The topological polar surface area (TPSA) is 110 Å². The first kappa shape index (κ1) is 22.8. The fourth-order valence-electron chi connectivity index (χ4n) is 5.04. The summed E-state index contributed by atoms with van der Waals surface area (Å²) in [6.45, 7) is 5.58. The van der Waals surface area contributed by atoms with Crippen molar-refractivity contribution in [2.45, 2.75) is 63.6 Å². The van der Waals surface area contributed by atoms with Gasteiger partial charge >= 0.3 is 0 Å². The predicted octanol–water partition coefficient (Wildman–Crippen LogP) is 2.46. The standard InChI is InChI=1S/C24H33N7O3/c1-15(14-34-3)27-24-25-10-23-21(8-22(31(23)28-24)17-4-6-20(33)7-5-17)18-9-26-30(11-18)19-12-29(13-19)16(2)32/h8-11,15,17,19-20,33H,4-7,12-14H2,1-3H3,(H,27,28)/t15-,17-,20-/m0/s1. The van der Waals surface area contributed by atoms with Crippen molar-refractivity contribution in [2.24, 2.45) is 0 Å². The van der Waals surface area contributed by atoms with Gasteiger partial charge in [0.15, 0.2) is 0 Å². The summed E-state index contributed by atoms with van der Waals surface area (Å²) in [5.41, 5.74) is 4.13. The van der Waals surface area contributed by atoms with Gasteiger partial charge in [-0.25, -0.2) is 9.50 Å². The van der Waals surface area contributed by atoms with E-state index in [0.717, 1.165) is 48.0 Å². The summed E-state index contributed by atoms with van der Waals surface area (Å²) in [4.78, 5) is 17.9. The molecule has 0 radical (unpaired) electrons. The van der Waals surface area contributed by atoms with Crippen LogP contribution in [0.3, 0.4) is 0 Å². The number of aliphatic hydroxyl groups is 1. The Morgan fingerprint density at radius 1 is 1.26 bits per heavy atom. The molecule has 3 aromatic heterocycles. The first-order valence-corrected chi connectivity index (χ1v) is 12.0. The lowest BCUT2D eigenvalue weighted by Crippen LogP contribution is -2.49. The zero-order chi connectivity index (χ0) is 23.8. The van der Waals surface area contributed by atoms with Gasteiger partial charge in [-0.15, -0.1) is 5.10 Å². The number of carbonyl (C=O) groups is 1. The Morgan fingerprint density at radius 3 is 2.74 bits per heavy atom.